The first-order chi connectivity index (χ1) is 5.58. The third kappa shape index (κ3) is 3.95. The molecule has 0 aromatic rings. The lowest BCUT2D eigenvalue weighted by atomic mass is 9.96. The Balaban J connectivity index is 2.35. The van der Waals surface area contributed by atoms with Crippen molar-refractivity contribution in [3.8, 4) is 0 Å². The van der Waals surface area contributed by atoms with Crippen molar-refractivity contribution in [2.75, 3.05) is 0 Å². The standard InChI is InChI=1S/C10H20OSi/c1-12(2,3)11-9-10-7-5-4-6-8-10/h9H,4-8H2,1-3H3. The van der Waals surface area contributed by atoms with Gasteiger partial charge < -0.3 is 4.43 Å². The molecule has 1 nitrogen and oxygen atoms in total. The van der Waals surface area contributed by atoms with Crippen LogP contribution in [0.1, 0.15) is 32.1 Å². The monoisotopic (exact) mass is 184 g/mol. The molecule has 0 N–H and O–H groups in total. The van der Waals surface area contributed by atoms with Gasteiger partial charge in [-0.15, -0.1) is 0 Å². The van der Waals surface area contributed by atoms with Crippen molar-refractivity contribution in [1.82, 2.24) is 0 Å². The minimum atomic E-state index is -1.32. The van der Waals surface area contributed by atoms with Gasteiger partial charge in [-0.25, -0.2) is 0 Å². The summed E-state index contributed by atoms with van der Waals surface area (Å²) in [6.45, 7) is 6.69. The molecular formula is C10H20OSi. The summed E-state index contributed by atoms with van der Waals surface area (Å²) in [4.78, 5) is 0. The average molecular weight is 184 g/mol. The lowest BCUT2D eigenvalue weighted by Crippen LogP contribution is -2.22. The summed E-state index contributed by atoms with van der Waals surface area (Å²) in [7, 11) is -1.32. The SMILES string of the molecule is C[Si](C)(C)OC=C1CCCCC1. The number of rotatable bonds is 2. The third-order valence-corrected chi connectivity index (χ3v) is 2.90. The largest absolute Gasteiger partial charge is 0.550 e. The predicted octanol–water partition coefficient (Wildman–Crippen LogP) is 3.69. The van der Waals surface area contributed by atoms with Gasteiger partial charge in [0, 0.05) is 0 Å². The van der Waals surface area contributed by atoms with E-state index in [4.69, 9.17) is 4.43 Å². The van der Waals surface area contributed by atoms with E-state index in [0.29, 0.717) is 0 Å². The van der Waals surface area contributed by atoms with Gasteiger partial charge in [-0.3, -0.25) is 0 Å². The molecule has 0 unspecified atom stereocenters. The molecule has 0 aromatic carbocycles. The summed E-state index contributed by atoms with van der Waals surface area (Å²) >= 11 is 0. The van der Waals surface area contributed by atoms with Crippen molar-refractivity contribution in [1.29, 1.82) is 0 Å². The van der Waals surface area contributed by atoms with E-state index in [2.05, 4.69) is 19.6 Å². The molecule has 0 atom stereocenters. The van der Waals surface area contributed by atoms with Crippen molar-refractivity contribution in [2.24, 2.45) is 0 Å². The summed E-state index contributed by atoms with van der Waals surface area (Å²) in [6.07, 6.45) is 8.71. The quantitative estimate of drug-likeness (QED) is 0.470. The fourth-order valence-corrected chi connectivity index (χ4v) is 1.90. The molecule has 1 saturated carbocycles. The molecule has 1 aliphatic rings. The minimum Gasteiger partial charge on any atom is -0.550 e. The molecule has 0 heterocycles. The van der Waals surface area contributed by atoms with E-state index in [1.807, 2.05) is 6.26 Å². The van der Waals surface area contributed by atoms with Gasteiger partial charge in [0.15, 0.2) is 0 Å². The van der Waals surface area contributed by atoms with Crippen LogP contribution in [0.15, 0.2) is 11.8 Å². The van der Waals surface area contributed by atoms with E-state index in [-0.39, 0.29) is 0 Å². The van der Waals surface area contributed by atoms with E-state index < -0.39 is 8.32 Å². The lowest BCUT2D eigenvalue weighted by Gasteiger charge is -2.19. The molecule has 0 aromatic heterocycles. The Morgan fingerprint density at radius 1 is 1.08 bits per heavy atom. The molecule has 0 radical (unpaired) electrons. The summed E-state index contributed by atoms with van der Waals surface area (Å²) in [5.74, 6) is 0. The smallest absolute Gasteiger partial charge is 0.241 e. The Kier molecular flexibility index (Phi) is 3.38. The van der Waals surface area contributed by atoms with Crippen molar-refractivity contribution in [2.45, 2.75) is 51.7 Å². The molecule has 12 heavy (non-hydrogen) atoms. The highest BCUT2D eigenvalue weighted by Gasteiger charge is 2.14. The highest BCUT2D eigenvalue weighted by atomic mass is 28.4. The van der Waals surface area contributed by atoms with Gasteiger partial charge in [0.2, 0.25) is 8.32 Å². The van der Waals surface area contributed by atoms with Crippen LogP contribution >= 0.6 is 0 Å². The number of hydrogen-bond donors (Lipinski definition) is 0. The third-order valence-electron chi connectivity index (χ3n) is 2.07. The molecule has 0 aliphatic heterocycles. The van der Waals surface area contributed by atoms with Crippen LogP contribution in [0.2, 0.25) is 19.6 Å². The van der Waals surface area contributed by atoms with Crippen LogP contribution in [-0.4, -0.2) is 8.32 Å². The van der Waals surface area contributed by atoms with E-state index in [9.17, 15) is 0 Å². The second kappa shape index (κ2) is 4.12. The van der Waals surface area contributed by atoms with E-state index in [1.165, 1.54) is 37.7 Å². The fraction of sp³-hybridized carbons (Fsp3) is 0.800. The van der Waals surface area contributed by atoms with Crippen LogP contribution < -0.4 is 0 Å². The Labute approximate surface area is 76.9 Å². The van der Waals surface area contributed by atoms with Gasteiger partial charge in [0.1, 0.15) is 0 Å². The summed E-state index contributed by atoms with van der Waals surface area (Å²) in [5, 5.41) is 0. The predicted molar refractivity (Wildman–Crippen MR) is 55.6 cm³/mol. The van der Waals surface area contributed by atoms with Crippen LogP contribution in [0.3, 0.4) is 0 Å². The zero-order valence-corrected chi connectivity index (χ0v) is 9.52. The molecule has 0 amide bonds. The first-order valence-electron chi connectivity index (χ1n) is 4.94. The Bertz CT molecular complexity index is 159. The zero-order chi connectivity index (χ0) is 9.03. The Hall–Kier alpha value is -0.243. The molecule has 0 bridgehead atoms. The molecule has 1 fully saturated rings. The highest BCUT2D eigenvalue weighted by Crippen LogP contribution is 2.23. The second-order valence-electron chi connectivity index (χ2n) is 4.57. The lowest BCUT2D eigenvalue weighted by molar-refractivity contribution is 0.457. The molecule has 1 aliphatic carbocycles. The molecule has 0 spiro atoms. The van der Waals surface area contributed by atoms with E-state index in [1.54, 1.807) is 0 Å². The van der Waals surface area contributed by atoms with E-state index in [0.717, 1.165) is 0 Å². The number of hydrogen-bond acceptors (Lipinski definition) is 1. The maximum absolute atomic E-state index is 5.75. The summed E-state index contributed by atoms with van der Waals surface area (Å²) in [6, 6.07) is 0. The fourth-order valence-electron chi connectivity index (χ4n) is 1.38. The van der Waals surface area contributed by atoms with Crippen molar-refractivity contribution in [3.05, 3.63) is 11.8 Å². The van der Waals surface area contributed by atoms with Gasteiger partial charge in [-0.2, -0.15) is 0 Å². The minimum absolute atomic E-state index is 1.27. The Morgan fingerprint density at radius 2 is 1.67 bits per heavy atom. The normalized spacial score (nSPS) is 19.1. The molecule has 0 saturated heterocycles. The average Bonchev–Trinajstić information content (AvgIpc) is 2.02. The maximum atomic E-state index is 5.75. The molecule has 1 rings (SSSR count). The number of allylic oxidation sites excluding steroid dienone is 1. The first kappa shape index (κ1) is 9.84. The van der Waals surface area contributed by atoms with Crippen molar-refractivity contribution in [3.63, 3.8) is 0 Å². The van der Waals surface area contributed by atoms with Crippen LogP contribution in [0.25, 0.3) is 0 Å². The van der Waals surface area contributed by atoms with Crippen LogP contribution in [0.4, 0.5) is 0 Å². The maximum Gasteiger partial charge on any atom is 0.241 e. The highest BCUT2D eigenvalue weighted by molar-refractivity contribution is 6.69. The summed E-state index contributed by atoms with van der Waals surface area (Å²) in [5.41, 5.74) is 1.53. The summed E-state index contributed by atoms with van der Waals surface area (Å²) < 4.78 is 5.75. The molecular weight excluding hydrogens is 164 g/mol. The van der Waals surface area contributed by atoms with Crippen LogP contribution in [0.5, 0.6) is 0 Å². The molecule has 2 heteroatoms. The second-order valence-corrected chi connectivity index (χ2v) is 9.03. The first-order valence-corrected chi connectivity index (χ1v) is 8.34. The molecule has 70 valence electrons. The van der Waals surface area contributed by atoms with Gasteiger partial charge in [-0.1, -0.05) is 6.42 Å². The van der Waals surface area contributed by atoms with Crippen molar-refractivity contribution >= 4 is 8.32 Å². The van der Waals surface area contributed by atoms with E-state index >= 15 is 0 Å². The zero-order valence-electron chi connectivity index (χ0n) is 8.52. The van der Waals surface area contributed by atoms with Crippen LogP contribution in [-0.2, 0) is 4.43 Å². The Morgan fingerprint density at radius 3 is 2.17 bits per heavy atom. The topological polar surface area (TPSA) is 9.23 Å². The van der Waals surface area contributed by atoms with Crippen LogP contribution in [0, 0.1) is 0 Å². The van der Waals surface area contributed by atoms with Gasteiger partial charge in [0.25, 0.3) is 0 Å². The van der Waals surface area contributed by atoms with Gasteiger partial charge in [-0.05, 0) is 50.9 Å². The van der Waals surface area contributed by atoms with Gasteiger partial charge >= 0.3 is 0 Å². The van der Waals surface area contributed by atoms with Gasteiger partial charge in [0.05, 0.1) is 6.26 Å². The van der Waals surface area contributed by atoms with Crippen molar-refractivity contribution < 1.29 is 4.43 Å².